The molecule has 0 saturated heterocycles. The van der Waals surface area contributed by atoms with Crippen molar-refractivity contribution in [3.8, 4) is 0 Å². The Morgan fingerprint density at radius 2 is 1.66 bits per heavy atom. The monoisotopic (exact) mass is 508 g/mol. The summed E-state index contributed by atoms with van der Waals surface area (Å²) in [5, 5.41) is 3.17. The van der Waals surface area contributed by atoms with Gasteiger partial charge in [-0.15, -0.1) is 0 Å². The Bertz CT molecular complexity index is 1500. The third kappa shape index (κ3) is 6.09. The first-order valence-corrected chi connectivity index (χ1v) is 13.3. The molecule has 10 heteroatoms. The zero-order chi connectivity index (χ0) is 24.8. The summed E-state index contributed by atoms with van der Waals surface area (Å²) in [7, 11) is -4.07. The number of carbonyl (C=O) groups excluding carboxylic acids is 1. The summed E-state index contributed by atoms with van der Waals surface area (Å²) < 4.78 is 26.8. The van der Waals surface area contributed by atoms with Crippen LogP contribution in [0.15, 0.2) is 93.7 Å². The SMILES string of the molecule is Cc1ccc(S(=O)(=O)Nn2c(SCC(=O)NCCc3ccccc3)nc3ccccc3c2=O)cc1. The van der Waals surface area contributed by atoms with E-state index in [1.54, 1.807) is 36.4 Å². The molecule has 4 aromatic rings. The molecular weight excluding hydrogens is 484 g/mol. The first-order chi connectivity index (χ1) is 16.8. The molecule has 35 heavy (non-hydrogen) atoms. The molecule has 1 amide bonds. The lowest BCUT2D eigenvalue weighted by molar-refractivity contribution is -0.118. The predicted molar refractivity (Wildman–Crippen MR) is 138 cm³/mol. The van der Waals surface area contributed by atoms with Gasteiger partial charge in [0.2, 0.25) is 5.91 Å². The predicted octanol–water partition coefficient (Wildman–Crippen LogP) is 3.09. The van der Waals surface area contributed by atoms with Crippen LogP contribution < -0.4 is 15.7 Å². The minimum Gasteiger partial charge on any atom is -0.355 e. The quantitative estimate of drug-likeness (QED) is 0.266. The van der Waals surface area contributed by atoms with E-state index >= 15 is 0 Å². The highest BCUT2D eigenvalue weighted by Gasteiger charge is 2.20. The molecule has 0 aliphatic rings. The number of aryl methyl sites for hydroxylation is 1. The summed E-state index contributed by atoms with van der Waals surface area (Å²) in [6, 6.07) is 22.7. The zero-order valence-corrected chi connectivity index (χ0v) is 20.6. The summed E-state index contributed by atoms with van der Waals surface area (Å²) >= 11 is 0.982. The largest absolute Gasteiger partial charge is 0.355 e. The molecule has 0 spiro atoms. The van der Waals surface area contributed by atoms with E-state index in [0.29, 0.717) is 18.5 Å². The van der Waals surface area contributed by atoms with E-state index in [1.165, 1.54) is 12.1 Å². The number of benzene rings is 3. The third-order valence-corrected chi connectivity index (χ3v) is 7.45. The molecule has 3 aromatic carbocycles. The number of fused-ring (bicyclic) bond motifs is 1. The van der Waals surface area contributed by atoms with Gasteiger partial charge in [-0.25, -0.2) is 9.82 Å². The first kappa shape index (κ1) is 24.5. The molecule has 0 unspecified atom stereocenters. The number of hydrogen-bond donors (Lipinski definition) is 2. The van der Waals surface area contributed by atoms with Gasteiger partial charge in [0, 0.05) is 6.54 Å². The van der Waals surface area contributed by atoms with E-state index in [0.717, 1.165) is 27.6 Å². The van der Waals surface area contributed by atoms with Gasteiger partial charge < -0.3 is 5.32 Å². The molecule has 180 valence electrons. The van der Waals surface area contributed by atoms with Gasteiger partial charge in [0.15, 0.2) is 5.16 Å². The fourth-order valence-electron chi connectivity index (χ4n) is 3.35. The van der Waals surface area contributed by atoms with Gasteiger partial charge in [-0.1, -0.05) is 71.9 Å². The van der Waals surface area contributed by atoms with Crippen LogP contribution in [0.4, 0.5) is 0 Å². The topological polar surface area (TPSA) is 110 Å². The molecule has 0 fully saturated rings. The van der Waals surface area contributed by atoms with E-state index in [2.05, 4.69) is 15.1 Å². The Kier molecular flexibility index (Phi) is 7.52. The van der Waals surface area contributed by atoms with Crippen LogP contribution >= 0.6 is 11.8 Å². The van der Waals surface area contributed by atoms with E-state index < -0.39 is 15.6 Å². The third-order valence-electron chi connectivity index (χ3n) is 5.20. The van der Waals surface area contributed by atoms with Gasteiger partial charge >= 0.3 is 0 Å². The lowest BCUT2D eigenvalue weighted by Crippen LogP contribution is -2.35. The highest BCUT2D eigenvalue weighted by molar-refractivity contribution is 7.99. The van der Waals surface area contributed by atoms with E-state index in [-0.39, 0.29) is 27.1 Å². The number of carbonyl (C=O) groups is 1. The fourth-order valence-corrected chi connectivity index (χ4v) is 5.20. The minimum atomic E-state index is -4.07. The Balaban J connectivity index is 1.54. The van der Waals surface area contributed by atoms with Crippen LogP contribution in [0.5, 0.6) is 0 Å². The van der Waals surface area contributed by atoms with Crippen LogP contribution in [-0.4, -0.2) is 36.3 Å². The summed E-state index contributed by atoms with van der Waals surface area (Å²) in [4.78, 5) is 32.4. The van der Waals surface area contributed by atoms with Crippen molar-refractivity contribution in [2.45, 2.75) is 23.4 Å². The van der Waals surface area contributed by atoms with Crippen molar-refractivity contribution < 1.29 is 13.2 Å². The number of nitrogens with zero attached hydrogens (tertiary/aromatic N) is 2. The standard InChI is InChI=1S/C25H24N4O4S2/c1-18-11-13-20(14-12-18)35(32,33)28-29-24(31)21-9-5-6-10-22(21)27-25(29)34-17-23(30)26-16-15-19-7-3-2-4-8-19/h2-14,28H,15-17H2,1H3,(H,26,30). The van der Waals surface area contributed by atoms with E-state index in [1.807, 2.05) is 37.3 Å². The van der Waals surface area contributed by atoms with E-state index in [4.69, 9.17) is 0 Å². The van der Waals surface area contributed by atoms with Crippen molar-refractivity contribution in [1.82, 2.24) is 15.0 Å². The van der Waals surface area contributed by atoms with Gasteiger partial charge in [-0.3, -0.25) is 9.59 Å². The number of amides is 1. The molecular formula is C25H24N4O4S2. The van der Waals surface area contributed by atoms with Crippen molar-refractivity contribution in [1.29, 1.82) is 0 Å². The van der Waals surface area contributed by atoms with Crippen molar-refractivity contribution >= 4 is 38.6 Å². The molecule has 1 aromatic heterocycles. The van der Waals surface area contributed by atoms with E-state index in [9.17, 15) is 18.0 Å². The molecule has 0 atom stereocenters. The zero-order valence-electron chi connectivity index (χ0n) is 19.0. The van der Waals surface area contributed by atoms with Crippen LogP contribution in [0, 0.1) is 6.92 Å². The Hall–Kier alpha value is -3.63. The highest BCUT2D eigenvalue weighted by Crippen LogP contribution is 2.18. The molecule has 1 heterocycles. The second-order valence-corrected chi connectivity index (χ2v) is 10.4. The molecule has 0 aliphatic carbocycles. The second kappa shape index (κ2) is 10.7. The average molecular weight is 509 g/mol. The number of para-hydroxylation sites is 1. The maximum Gasteiger partial charge on any atom is 0.281 e. The Morgan fingerprint density at radius 1 is 0.971 bits per heavy atom. The van der Waals surface area contributed by atoms with Crippen LogP contribution in [0.3, 0.4) is 0 Å². The Labute approximate surface area is 207 Å². The van der Waals surface area contributed by atoms with Crippen molar-refractivity contribution in [2.24, 2.45) is 0 Å². The first-order valence-electron chi connectivity index (χ1n) is 10.9. The average Bonchev–Trinajstić information content (AvgIpc) is 2.85. The number of hydrogen-bond acceptors (Lipinski definition) is 6. The van der Waals surface area contributed by atoms with Crippen molar-refractivity contribution in [2.75, 3.05) is 17.1 Å². The summed E-state index contributed by atoms with van der Waals surface area (Å²) in [6.45, 7) is 2.31. The van der Waals surface area contributed by atoms with Crippen LogP contribution in [0.1, 0.15) is 11.1 Å². The lowest BCUT2D eigenvalue weighted by Gasteiger charge is -2.15. The van der Waals surface area contributed by atoms with Gasteiger partial charge in [0.25, 0.3) is 15.6 Å². The molecule has 0 saturated carbocycles. The molecule has 0 bridgehead atoms. The molecule has 8 nitrogen and oxygen atoms in total. The van der Waals surface area contributed by atoms with Crippen molar-refractivity contribution in [3.63, 3.8) is 0 Å². The van der Waals surface area contributed by atoms with Gasteiger partial charge in [0.1, 0.15) is 0 Å². The highest BCUT2D eigenvalue weighted by atomic mass is 32.2. The summed E-state index contributed by atoms with van der Waals surface area (Å²) in [5.74, 6) is -0.285. The second-order valence-electron chi connectivity index (χ2n) is 7.83. The van der Waals surface area contributed by atoms with Gasteiger partial charge in [-0.05, 0) is 43.2 Å². The van der Waals surface area contributed by atoms with Crippen LogP contribution in [0.2, 0.25) is 0 Å². The maximum absolute atomic E-state index is 13.2. The molecule has 0 radical (unpaired) electrons. The molecule has 4 rings (SSSR count). The maximum atomic E-state index is 13.2. The van der Waals surface area contributed by atoms with Crippen molar-refractivity contribution in [3.05, 3.63) is 100 Å². The smallest absolute Gasteiger partial charge is 0.281 e. The minimum absolute atomic E-state index is 0.0118. The Morgan fingerprint density at radius 3 is 2.40 bits per heavy atom. The fraction of sp³-hybridized carbons (Fsp3) is 0.160. The number of aromatic nitrogens is 2. The number of nitrogens with one attached hydrogen (secondary N) is 2. The summed E-state index contributed by atoms with van der Waals surface area (Å²) in [5.41, 5.74) is 1.85. The molecule has 2 N–H and O–H groups in total. The van der Waals surface area contributed by atoms with Crippen LogP contribution in [0.25, 0.3) is 10.9 Å². The van der Waals surface area contributed by atoms with Crippen LogP contribution in [-0.2, 0) is 21.2 Å². The number of rotatable bonds is 9. The number of thioether (sulfide) groups is 1. The normalized spacial score (nSPS) is 11.3. The lowest BCUT2D eigenvalue weighted by atomic mass is 10.1. The number of sulfonamides is 1. The van der Waals surface area contributed by atoms with Gasteiger partial charge in [0.05, 0.1) is 21.6 Å². The summed E-state index contributed by atoms with van der Waals surface area (Å²) in [6.07, 6.45) is 0.687. The molecule has 0 aliphatic heterocycles. The van der Waals surface area contributed by atoms with Gasteiger partial charge in [-0.2, -0.15) is 13.1 Å².